The lowest BCUT2D eigenvalue weighted by molar-refractivity contribution is 0.00968. The van der Waals surface area contributed by atoms with Crippen LogP contribution in [-0.2, 0) is 4.74 Å². The highest BCUT2D eigenvalue weighted by atomic mass is 16.6. The van der Waals surface area contributed by atoms with E-state index in [0.717, 1.165) is 64.7 Å². The summed E-state index contributed by atoms with van der Waals surface area (Å²) < 4.78 is 5.52. The van der Waals surface area contributed by atoms with Gasteiger partial charge in [-0.05, 0) is 59.3 Å². The standard InChI is InChI=1S/C23H42N4O3/c1-23(2,3)30-22(29)26-16-10-18(11-17-26)25-14-12-20(13-15-25)27(21(28)24-4)19-8-6-5-7-9-19/h18-20H,5-17H2,1-4H3,(H,24,28). The van der Waals surface area contributed by atoms with Gasteiger partial charge < -0.3 is 24.8 Å². The molecular weight excluding hydrogens is 380 g/mol. The quantitative estimate of drug-likeness (QED) is 0.751. The van der Waals surface area contributed by atoms with Crippen LogP contribution in [0.2, 0.25) is 0 Å². The van der Waals surface area contributed by atoms with Crippen molar-refractivity contribution in [1.29, 1.82) is 0 Å². The molecule has 1 saturated carbocycles. The molecule has 1 aliphatic carbocycles. The Bertz CT molecular complexity index is 569. The lowest BCUT2D eigenvalue weighted by Crippen LogP contribution is -2.56. The SMILES string of the molecule is CNC(=O)N(C1CCCCC1)C1CCN(C2CCN(C(=O)OC(C)(C)C)CC2)CC1. The zero-order valence-electron chi connectivity index (χ0n) is 19.5. The predicted octanol–water partition coefficient (Wildman–Crippen LogP) is 3.82. The van der Waals surface area contributed by atoms with Crippen molar-refractivity contribution in [2.75, 3.05) is 33.2 Å². The molecule has 2 heterocycles. The summed E-state index contributed by atoms with van der Waals surface area (Å²) in [6, 6.07) is 1.40. The molecule has 172 valence electrons. The van der Waals surface area contributed by atoms with Gasteiger partial charge in [0, 0.05) is 51.4 Å². The molecule has 3 fully saturated rings. The number of hydrogen-bond acceptors (Lipinski definition) is 4. The third kappa shape index (κ3) is 6.02. The minimum absolute atomic E-state index is 0.103. The van der Waals surface area contributed by atoms with Crippen LogP contribution in [0.1, 0.15) is 78.6 Å². The minimum Gasteiger partial charge on any atom is -0.444 e. The Kier molecular flexibility index (Phi) is 7.88. The summed E-state index contributed by atoms with van der Waals surface area (Å²) in [7, 11) is 1.76. The number of amides is 3. The van der Waals surface area contributed by atoms with Crippen molar-refractivity contribution in [3.63, 3.8) is 0 Å². The highest BCUT2D eigenvalue weighted by Crippen LogP contribution is 2.29. The van der Waals surface area contributed by atoms with Gasteiger partial charge in [0.2, 0.25) is 0 Å². The maximum atomic E-state index is 12.6. The fraction of sp³-hybridized carbons (Fsp3) is 0.913. The van der Waals surface area contributed by atoms with Gasteiger partial charge >= 0.3 is 12.1 Å². The molecule has 0 unspecified atom stereocenters. The molecule has 0 bridgehead atoms. The van der Waals surface area contributed by atoms with Gasteiger partial charge in [-0.1, -0.05) is 19.3 Å². The second-order valence-electron chi connectivity index (χ2n) is 10.2. The van der Waals surface area contributed by atoms with Crippen molar-refractivity contribution in [2.45, 2.75) is 102 Å². The first-order valence-corrected chi connectivity index (χ1v) is 12.0. The van der Waals surface area contributed by atoms with Crippen molar-refractivity contribution in [3.8, 4) is 0 Å². The number of nitrogens with zero attached hydrogens (tertiary/aromatic N) is 3. The Hall–Kier alpha value is -1.50. The Balaban J connectivity index is 1.48. The number of rotatable bonds is 3. The number of ether oxygens (including phenoxy) is 1. The van der Waals surface area contributed by atoms with Crippen LogP contribution in [0.4, 0.5) is 9.59 Å². The second-order valence-corrected chi connectivity index (χ2v) is 10.2. The Morgan fingerprint density at radius 1 is 0.867 bits per heavy atom. The summed E-state index contributed by atoms with van der Waals surface area (Å²) >= 11 is 0. The van der Waals surface area contributed by atoms with E-state index in [1.165, 1.54) is 19.3 Å². The van der Waals surface area contributed by atoms with E-state index >= 15 is 0 Å². The molecule has 3 rings (SSSR count). The van der Waals surface area contributed by atoms with Gasteiger partial charge in [-0.2, -0.15) is 0 Å². The number of piperidine rings is 2. The average Bonchev–Trinajstić information content (AvgIpc) is 2.74. The molecule has 0 aromatic carbocycles. The van der Waals surface area contributed by atoms with E-state index in [1.54, 1.807) is 7.05 Å². The van der Waals surface area contributed by atoms with E-state index < -0.39 is 5.60 Å². The molecule has 1 N–H and O–H groups in total. The Morgan fingerprint density at radius 3 is 1.97 bits per heavy atom. The molecule has 0 aromatic rings. The van der Waals surface area contributed by atoms with Gasteiger partial charge in [0.05, 0.1) is 0 Å². The molecule has 0 spiro atoms. The summed E-state index contributed by atoms with van der Waals surface area (Å²) in [5.74, 6) is 0. The zero-order chi connectivity index (χ0) is 21.7. The van der Waals surface area contributed by atoms with Gasteiger partial charge in [-0.15, -0.1) is 0 Å². The van der Waals surface area contributed by atoms with Crippen LogP contribution >= 0.6 is 0 Å². The monoisotopic (exact) mass is 422 g/mol. The van der Waals surface area contributed by atoms with Crippen molar-refractivity contribution >= 4 is 12.1 Å². The molecule has 0 radical (unpaired) electrons. The first-order valence-electron chi connectivity index (χ1n) is 12.0. The van der Waals surface area contributed by atoms with Crippen LogP contribution in [0.25, 0.3) is 0 Å². The summed E-state index contributed by atoms with van der Waals surface area (Å²) in [6.45, 7) is 9.37. The number of urea groups is 1. The number of carbonyl (C=O) groups excluding carboxylic acids is 2. The van der Waals surface area contributed by atoms with Gasteiger partial charge in [0.15, 0.2) is 0 Å². The van der Waals surface area contributed by atoms with Crippen LogP contribution in [0.5, 0.6) is 0 Å². The van der Waals surface area contributed by atoms with Crippen molar-refractivity contribution in [1.82, 2.24) is 20.0 Å². The Morgan fingerprint density at radius 2 is 1.43 bits per heavy atom. The van der Waals surface area contributed by atoms with Gasteiger partial charge in [0.1, 0.15) is 5.60 Å². The highest BCUT2D eigenvalue weighted by Gasteiger charge is 2.36. The third-order valence-corrected chi connectivity index (χ3v) is 6.94. The maximum Gasteiger partial charge on any atom is 0.410 e. The summed E-state index contributed by atoms with van der Waals surface area (Å²) in [6.07, 6.45) is 10.0. The van der Waals surface area contributed by atoms with E-state index in [4.69, 9.17) is 4.74 Å². The fourth-order valence-corrected chi connectivity index (χ4v) is 5.39. The highest BCUT2D eigenvalue weighted by molar-refractivity contribution is 5.74. The van der Waals surface area contributed by atoms with E-state index in [9.17, 15) is 9.59 Å². The topological polar surface area (TPSA) is 65.1 Å². The molecule has 3 aliphatic rings. The number of hydrogen-bond donors (Lipinski definition) is 1. The zero-order valence-corrected chi connectivity index (χ0v) is 19.5. The summed E-state index contributed by atoms with van der Waals surface area (Å²) in [5.41, 5.74) is -0.440. The normalized spacial score (nSPS) is 23.3. The fourth-order valence-electron chi connectivity index (χ4n) is 5.39. The smallest absolute Gasteiger partial charge is 0.410 e. The van der Waals surface area contributed by atoms with Crippen LogP contribution in [0, 0.1) is 0 Å². The lowest BCUT2D eigenvalue weighted by atomic mass is 9.91. The summed E-state index contributed by atoms with van der Waals surface area (Å²) in [5, 5.41) is 2.89. The van der Waals surface area contributed by atoms with Crippen LogP contribution in [-0.4, -0.2) is 83.8 Å². The average molecular weight is 423 g/mol. The van der Waals surface area contributed by atoms with Crippen molar-refractivity contribution in [3.05, 3.63) is 0 Å². The van der Waals surface area contributed by atoms with Gasteiger partial charge in [0.25, 0.3) is 0 Å². The van der Waals surface area contributed by atoms with Crippen LogP contribution in [0.15, 0.2) is 0 Å². The lowest BCUT2D eigenvalue weighted by Gasteiger charge is -2.46. The molecule has 0 atom stereocenters. The molecule has 7 nitrogen and oxygen atoms in total. The van der Waals surface area contributed by atoms with Crippen molar-refractivity contribution in [2.24, 2.45) is 0 Å². The van der Waals surface area contributed by atoms with Crippen LogP contribution < -0.4 is 5.32 Å². The molecule has 0 aromatic heterocycles. The van der Waals surface area contributed by atoms with Gasteiger partial charge in [-0.3, -0.25) is 0 Å². The number of likely N-dealkylation sites (tertiary alicyclic amines) is 2. The van der Waals surface area contributed by atoms with E-state index in [0.29, 0.717) is 18.1 Å². The molecule has 2 saturated heterocycles. The second kappa shape index (κ2) is 10.2. The van der Waals surface area contributed by atoms with E-state index in [2.05, 4.69) is 15.1 Å². The molecule has 3 amide bonds. The van der Waals surface area contributed by atoms with Gasteiger partial charge in [-0.25, -0.2) is 9.59 Å². The third-order valence-electron chi connectivity index (χ3n) is 6.94. The Labute approximate surface area is 182 Å². The first-order chi connectivity index (χ1) is 14.3. The van der Waals surface area contributed by atoms with E-state index in [-0.39, 0.29) is 12.1 Å². The molecular formula is C23H42N4O3. The number of carbonyl (C=O) groups is 2. The molecule has 30 heavy (non-hydrogen) atoms. The number of nitrogens with one attached hydrogen (secondary N) is 1. The summed E-state index contributed by atoms with van der Waals surface area (Å²) in [4.78, 5) is 31.6. The minimum atomic E-state index is -0.440. The van der Waals surface area contributed by atoms with Crippen LogP contribution in [0.3, 0.4) is 0 Å². The molecule has 2 aliphatic heterocycles. The first kappa shape index (κ1) is 23.2. The maximum absolute atomic E-state index is 12.6. The molecule has 7 heteroatoms. The van der Waals surface area contributed by atoms with E-state index in [1.807, 2.05) is 25.7 Å². The predicted molar refractivity (Wildman–Crippen MR) is 119 cm³/mol. The largest absolute Gasteiger partial charge is 0.444 e. The van der Waals surface area contributed by atoms with Crippen molar-refractivity contribution < 1.29 is 14.3 Å².